The Labute approximate surface area is 121 Å². The molecule has 0 radical (unpaired) electrons. The fourth-order valence-electron chi connectivity index (χ4n) is 3.41. The summed E-state index contributed by atoms with van der Waals surface area (Å²) in [6.07, 6.45) is 5.14. The third-order valence-corrected chi connectivity index (χ3v) is 4.46. The monoisotopic (exact) mass is 275 g/mol. The van der Waals surface area contributed by atoms with Crippen LogP contribution >= 0.6 is 0 Å². The van der Waals surface area contributed by atoms with Crippen LogP contribution < -0.4 is 10.1 Å². The Bertz CT molecular complexity index is 484. The normalized spacial score (nSPS) is 27.9. The molecule has 0 amide bonds. The Morgan fingerprint density at radius 3 is 2.90 bits per heavy atom. The lowest BCUT2D eigenvalue weighted by atomic mass is 9.92. The Kier molecular flexibility index (Phi) is 3.74. The van der Waals surface area contributed by atoms with Crippen molar-refractivity contribution in [2.75, 3.05) is 0 Å². The first-order chi connectivity index (χ1) is 9.55. The van der Waals surface area contributed by atoms with Gasteiger partial charge in [0.2, 0.25) is 0 Å². The zero-order valence-electron chi connectivity index (χ0n) is 12.5. The van der Waals surface area contributed by atoms with Gasteiger partial charge in [0.25, 0.3) is 0 Å². The Morgan fingerprint density at radius 2 is 2.10 bits per heavy atom. The molecule has 1 aromatic carbocycles. The van der Waals surface area contributed by atoms with E-state index in [4.69, 9.17) is 4.74 Å². The molecular formula is C17H25NO2. The molecule has 3 rings (SSSR count). The van der Waals surface area contributed by atoms with Crippen molar-refractivity contribution in [3.8, 4) is 5.75 Å². The topological polar surface area (TPSA) is 41.5 Å². The van der Waals surface area contributed by atoms with E-state index in [1.54, 1.807) is 0 Å². The zero-order chi connectivity index (χ0) is 14.2. The van der Waals surface area contributed by atoms with Gasteiger partial charge in [-0.3, -0.25) is 0 Å². The first kappa shape index (κ1) is 13.9. The summed E-state index contributed by atoms with van der Waals surface area (Å²) in [5.41, 5.74) is 2.42. The number of hydrogen-bond donors (Lipinski definition) is 2. The second-order valence-corrected chi connectivity index (χ2v) is 6.78. The van der Waals surface area contributed by atoms with E-state index >= 15 is 0 Å². The van der Waals surface area contributed by atoms with Crippen LogP contribution in [0.5, 0.6) is 5.75 Å². The van der Waals surface area contributed by atoms with Crippen molar-refractivity contribution in [2.45, 2.75) is 70.2 Å². The number of rotatable bonds is 3. The van der Waals surface area contributed by atoms with Crippen molar-refractivity contribution in [1.29, 1.82) is 0 Å². The number of ether oxygens (including phenoxy) is 1. The minimum absolute atomic E-state index is 0.0945. The third-order valence-electron chi connectivity index (χ3n) is 4.46. The van der Waals surface area contributed by atoms with Gasteiger partial charge in [-0.25, -0.2) is 0 Å². The van der Waals surface area contributed by atoms with Crippen LogP contribution in [-0.4, -0.2) is 22.9 Å². The van der Waals surface area contributed by atoms with Crippen LogP contribution in [0.4, 0.5) is 0 Å². The Balaban J connectivity index is 1.69. The van der Waals surface area contributed by atoms with Crippen LogP contribution in [0.2, 0.25) is 0 Å². The van der Waals surface area contributed by atoms with E-state index < -0.39 is 0 Å². The highest BCUT2D eigenvalue weighted by atomic mass is 16.5. The number of aliphatic hydroxyl groups excluding tert-OH is 1. The maximum absolute atomic E-state index is 10.0. The van der Waals surface area contributed by atoms with E-state index in [-0.39, 0.29) is 17.7 Å². The minimum atomic E-state index is -0.196. The zero-order valence-corrected chi connectivity index (χ0v) is 12.5. The average Bonchev–Trinajstić information content (AvgIpc) is 2.72. The molecule has 0 spiro atoms. The van der Waals surface area contributed by atoms with Crippen molar-refractivity contribution in [3.63, 3.8) is 0 Å². The maximum atomic E-state index is 10.0. The number of nitrogens with one attached hydrogen (secondary N) is 1. The number of hydrogen-bond acceptors (Lipinski definition) is 3. The molecule has 110 valence electrons. The summed E-state index contributed by atoms with van der Waals surface area (Å²) in [5, 5.41) is 13.5. The number of aliphatic hydroxyl groups is 1. The van der Waals surface area contributed by atoms with Gasteiger partial charge in [-0.1, -0.05) is 31.0 Å². The molecule has 0 bridgehead atoms. The molecule has 2 atom stereocenters. The Hall–Kier alpha value is -1.06. The molecule has 1 aliphatic heterocycles. The molecule has 0 aromatic heterocycles. The first-order valence-electron chi connectivity index (χ1n) is 7.76. The third kappa shape index (κ3) is 2.84. The standard InChI is InChI=1S/C17H25NO2/c1-17(2)10-12-6-5-7-13(16(12)20-17)11-18-14-8-3-4-9-15(14)19/h5-7,14-15,18-19H,3-4,8-11H2,1-2H3. The van der Waals surface area contributed by atoms with Crippen molar-refractivity contribution in [2.24, 2.45) is 0 Å². The number of fused-ring (bicyclic) bond motifs is 1. The lowest BCUT2D eigenvalue weighted by Gasteiger charge is -2.28. The summed E-state index contributed by atoms with van der Waals surface area (Å²) in [6.45, 7) is 5.05. The van der Waals surface area contributed by atoms with E-state index in [1.807, 2.05) is 0 Å². The summed E-state index contributed by atoms with van der Waals surface area (Å²) in [4.78, 5) is 0. The van der Waals surface area contributed by atoms with Crippen molar-refractivity contribution < 1.29 is 9.84 Å². The molecule has 20 heavy (non-hydrogen) atoms. The van der Waals surface area contributed by atoms with Gasteiger partial charge in [-0.15, -0.1) is 0 Å². The van der Waals surface area contributed by atoms with Gasteiger partial charge in [0.15, 0.2) is 0 Å². The summed E-state index contributed by atoms with van der Waals surface area (Å²) >= 11 is 0. The van der Waals surface area contributed by atoms with Gasteiger partial charge in [-0.05, 0) is 32.3 Å². The molecule has 3 nitrogen and oxygen atoms in total. The van der Waals surface area contributed by atoms with E-state index in [9.17, 15) is 5.11 Å². The molecule has 2 aliphatic rings. The first-order valence-corrected chi connectivity index (χ1v) is 7.76. The van der Waals surface area contributed by atoms with E-state index in [2.05, 4.69) is 37.4 Å². The minimum Gasteiger partial charge on any atom is -0.487 e. The highest BCUT2D eigenvalue weighted by Crippen LogP contribution is 2.37. The van der Waals surface area contributed by atoms with Gasteiger partial charge < -0.3 is 15.2 Å². The van der Waals surface area contributed by atoms with Crippen LogP contribution in [0.3, 0.4) is 0 Å². The summed E-state index contributed by atoms with van der Waals surface area (Å²) in [6, 6.07) is 6.62. The van der Waals surface area contributed by atoms with Crippen molar-refractivity contribution in [1.82, 2.24) is 5.32 Å². The van der Waals surface area contributed by atoms with E-state index in [1.165, 1.54) is 17.5 Å². The quantitative estimate of drug-likeness (QED) is 0.891. The van der Waals surface area contributed by atoms with E-state index in [0.29, 0.717) is 0 Å². The predicted molar refractivity (Wildman–Crippen MR) is 80.0 cm³/mol. The van der Waals surface area contributed by atoms with Gasteiger partial charge in [0, 0.05) is 24.6 Å². The summed E-state index contributed by atoms with van der Waals surface area (Å²) in [7, 11) is 0. The molecule has 1 aliphatic carbocycles. The molecule has 2 unspecified atom stereocenters. The second kappa shape index (κ2) is 5.38. The fourth-order valence-corrected chi connectivity index (χ4v) is 3.41. The molecule has 1 aromatic rings. The predicted octanol–water partition coefficient (Wildman–Crippen LogP) is 2.79. The lowest BCUT2D eigenvalue weighted by molar-refractivity contribution is 0.0897. The number of para-hydroxylation sites is 1. The highest BCUT2D eigenvalue weighted by molar-refractivity contribution is 5.45. The second-order valence-electron chi connectivity index (χ2n) is 6.78. The SMILES string of the molecule is CC1(C)Cc2cccc(CNC3CCCCC3O)c2O1. The molecule has 2 N–H and O–H groups in total. The van der Waals surface area contributed by atoms with Gasteiger partial charge in [0.05, 0.1) is 6.10 Å². The van der Waals surface area contributed by atoms with Crippen LogP contribution in [0.15, 0.2) is 18.2 Å². The van der Waals surface area contributed by atoms with E-state index in [0.717, 1.165) is 38.0 Å². The largest absolute Gasteiger partial charge is 0.487 e. The molecule has 3 heteroatoms. The van der Waals surface area contributed by atoms with Crippen LogP contribution in [0.1, 0.15) is 50.7 Å². The molecule has 1 heterocycles. The number of benzene rings is 1. The van der Waals surface area contributed by atoms with Gasteiger partial charge >= 0.3 is 0 Å². The summed E-state index contributed by atoms with van der Waals surface area (Å²) < 4.78 is 6.09. The molecular weight excluding hydrogens is 250 g/mol. The van der Waals surface area contributed by atoms with Crippen molar-refractivity contribution in [3.05, 3.63) is 29.3 Å². The van der Waals surface area contributed by atoms with Crippen LogP contribution in [-0.2, 0) is 13.0 Å². The molecule has 1 saturated carbocycles. The highest BCUT2D eigenvalue weighted by Gasteiger charge is 2.31. The molecule has 0 saturated heterocycles. The Morgan fingerprint density at radius 1 is 1.30 bits per heavy atom. The maximum Gasteiger partial charge on any atom is 0.127 e. The average molecular weight is 275 g/mol. The smallest absolute Gasteiger partial charge is 0.127 e. The van der Waals surface area contributed by atoms with Gasteiger partial charge in [0.1, 0.15) is 11.4 Å². The van der Waals surface area contributed by atoms with Crippen LogP contribution in [0, 0.1) is 0 Å². The molecule has 1 fully saturated rings. The lowest BCUT2D eigenvalue weighted by Crippen LogP contribution is -2.41. The van der Waals surface area contributed by atoms with Gasteiger partial charge in [-0.2, -0.15) is 0 Å². The van der Waals surface area contributed by atoms with Crippen LogP contribution in [0.25, 0.3) is 0 Å². The van der Waals surface area contributed by atoms with Crippen molar-refractivity contribution >= 4 is 0 Å². The summed E-state index contributed by atoms with van der Waals surface area (Å²) in [5.74, 6) is 1.05. The fraction of sp³-hybridized carbons (Fsp3) is 0.647.